The monoisotopic (exact) mass is 349 g/mol. The molecule has 0 atom stereocenters. The first kappa shape index (κ1) is 17.1. The van der Waals surface area contributed by atoms with E-state index in [0.717, 1.165) is 11.1 Å². The van der Waals surface area contributed by atoms with Gasteiger partial charge in [-0.15, -0.1) is 0 Å². The van der Waals surface area contributed by atoms with Gasteiger partial charge in [-0.05, 0) is 23.3 Å². The summed E-state index contributed by atoms with van der Waals surface area (Å²) < 4.78 is 17.7. The van der Waals surface area contributed by atoms with Gasteiger partial charge in [0.1, 0.15) is 0 Å². The smallest absolute Gasteiger partial charge is 0.266 e. The lowest BCUT2D eigenvalue weighted by Crippen LogP contribution is -2.11. The van der Waals surface area contributed by atoms with Crippen molar-refractivity contribution in [3.63, 3.8) is 0 Å². The Labute approximate surface area is 148 Å². The van der Waals surface area contributed by atoms with Crippen LogP contribution < -0.4 is 0 Å². The van der Waals surface area contributed by atoms with Crippen molar-refractivity contribution in [2.75, 3.05) is 0 Å². The largest absolute Gasteiger partial charge is 0.285 e. The molecular weight excluding hydrogens is 330 g/mol. The Balaban J connectivity index is 1.97. The molecule has 0 unspecified atom stereocenters. The van der Waals surface area contributed by atoms with Gasteiger partial charge < -0.3 is 0 Å². The Morgan fingerprint density at radius 1 is 0.680 bits per heavy atom. The number of carbonyl (C=O) groups excluding carboxylic acids is 1. The SMILES string of the molecule is O=C(N=S(=O)(Cc1ccccc1)Cc1ccccc1)c1ccccc1. The predicted molar refractivity (Wildman–Crippen MR) is 102 cm³/mol. The van der Waals surface area contributed by atoms with Gasteiger partial charge in [-0.2, -0.15) is 4.36 Å². The zero-order chi connectivity index (χ0) is 17.5. The van der Waals surface area contributed by atoms with Crippen molar-refractivity contribution in [3.05, 3.63) is 108 Å². The summed E-state index contributed by atoms with van der Waals surface area (Å²) in [4.78, 5) is 12.5. The van der Waals surface area contributed by atoms with E-state index in [-0.39, 0.29) is 11.5 Å². The van der Waals surface area contributed by atoms with Crippen LogP contribution in [0.3, 0.4) is 0 Å². The molecule has 3 aromatic carbocycles. The molecule has 0 aliphatic rings. The minimum Gasteiger partial charge on any atom is -0.266 e. The van der Waals surface area contributed by atoms with E-state index in [2.05, 4.69) is 4.36 Å². The lowest BCUT2D eigenvalue weighted by atomic mass is 10.2. The van der Waals surface area contributed by atoms with Crippen LogP contribution in [0.4, 0.5) is 0 Å². The van der Waals surface area contributed by atoms with Gasteiger partial charge >= 0.3 is 0 Å². The average Bonchev–Trinajstić information content (AvgIpc) is 2.64. The maximum absolute atomic E-state index is 13.5. The van der Waals surface area contributed by atoms with Gasteiger partial charge in [0, 0.05) is 5.56 Å². The van der Waals surface area contributed by atoms with Crippen molar-refractivity contribution in [3.8, 4) is 0 Å². The molecule has 4 heteroatoms. The second-order valence-electron chi connectivity index (χ2n) is 5.79. The molecule has 0 radical (unpaired) electrons. The number of hydrogen-bond acceptors (Lipinski definition) is 2. The molecule has 3 nitrogen and oxygen atoms in total. The molecule has 0 saturated heterocycles. The van der Waals surface area contributed by atoms with Crippen LogP contribution >= 0.6 is 0 Å². The first-order chi connectivity index (χ1) is 12.1. The van der Waals surface area contributed by atoms with E-state index in [1.807, 2.05) is 66.7 Å². The Bertz CT molecular complexity index is 897. The van der Waals surface area contributed by atoms with Gasteiger partial charge in [-0.3, -0.25) is 4.79 Å². The number of carbonyl (C=O) groups is 1. The van der Waals surface area contributed by atoms with Crippen LogP contribution in [0, 0.1) is 0 Å². The molecule has 25 heavy (non-hydrogen) atoms. The second-order valence-corrected chi connectivity index (χ2v) is 8.10. The molecule has 0 heterocycles. The summed E-state index contributed by atoms with van der Waals surface area (Å²) >= 11 is 0. The van der Waals surface area contributed by atoms with Crippen LogP contribution in [0.5, 0.6) is 0 Å². The van der Waals surface area contributed by atoms with E-state index < -0.39 is 15.6 Å². The van der Waals surface area contributed by atoms with E-state index in [0.29, 0.717) is 5.56 Å². The van der Waals surface area contributed by atoms with Crippen LogP contribution in [0.25, 0.3) is 0 Å². The first-order valence-electron chi connectivity index (χ1n) is 8.04. The molecule has 0 aromatic heterocycles. The highest BCUT2D eigenvalue weighted by molar-refractivity contribution is 7.92. The molecule has 1 amide bonds. The molecule has 0 fully saturated rings. The molecule has 0 spiro atoms. The molecule has 3 aromatic rings. The first-order valence-corrected chi connectivity index (χ1v) is 9.90. The average molecular weight is 349 g/mol. The summed E-state index contributed by atoms with van der Waals surface area (Å²) in [5, 5.41) is 0. The highest BCUT2D eigenvalue weighted by atomic mass is 32.2. The van der Waals surface area contributed by atoms with E-state index in [1.54, 1.807) is 24.3 Å². The van der Waals surface area contributed by atoms with E-state index in [1.165, 1.54) is 0 Å². The van der Waals surface area contributed by atoms with E-state index in [9.17, 15) is 9.00 Å². The van der Waals surface area contributed by atoms with Crippen molar-refractivity contribution < 1.29 is 9.00 Å². The Hall–Kier alpha value is -2.72. The Morgan fingerprint density at radius 2 is 1.08 bits per heavy atom. The van der Waals surface area contributed by atoms with Crippen molar-refractivity contribution >= 4 is 15.6 Å². The van der Waals surface area contributed by atoms with Crippen molar-refractivity contribution in [1.82, 2.24) is 0 Å². The highest BCUT2D eigenvalue weighted by Crippen LogP contribution is 2.16. The number of benzene rings is 3. The summed E-state index contributed by atoms with van der Waals surface area (Å²) in [5.41, 5.74) is 2.28. The summed E-state index contributed by atoms with van der Waals surface area (Å²) in [6, 6.07) is 27.8. The maximum Gasteiger partial charge on any atom is 0.285 e. The third-order valence-corrected chi connectivity index (χ3v) is 5.81. The fraction of sp³-hybridized carbons (Fsp3) is 0.0952. The molecule has 0 aliphatic heterocycles. The van der Waals surface area contributed by atoms with Crippen LogP contribution in [-0.2, 0) is 21.2 Å². The Kier molecular flexibility index (Phi) is 5.41. The molecule has 0 saturated carbocycles. The number of rotatable bonds is 5. The third kappa shape index (κ3) is 4.88. The second kappa shape index (κ2) is 7.90. The predicted octanol–water partition coefficient (Wildman–Crippen LogP) is 4.70. The fourth-order valence-corrected chi connectivity index (χ4v) is 4.63. The zero-order valence-corrected chi connectivity index (χ0v) is 14.6. The molecule has 0 N–H and O–H groups in total. The van der Waals surface area contributed by atoms with Gasteiger partial charge in [0.15, 0.2) is 0 Å². The van der Waals surface area contributed by atoms with Crippen molar-refractivity contribution in [2.24, 2.45) is 4.36 Å². The normalized spacial score (nSPS) is 11.0. The lowest BCUT2D eigenvalue weighted by Gasteiger charge is -2.10. The van der Waals surface area contributed by atoms with E-state index >= 15 is 0 Å². The minimum absolute atomic E-state index is 0.251. The van der Waals surface area contributed by atoms with Crippen LogP contribution in [0.2, 0.25) is 0 Å². The van der Waals surface area contributed by atoms with Gasteiger partial charge in [-0.1, -0.05) is 78.9 Å². The quantitative estimate of drug-likeness (QED) is 0.670. The number of amides is 1. The summed E-state index contributed by atoms with van der Waals surface area (Å²) in [6.07, 6.45) is 0. The van der Waals surface area contributed by atoms with Gasteiger partial charge in [-0.25, -0.2) is 4.21 Å². The van der Waals surface area contributed by atoms with Gasteiger partial charge in [0.25, 0.3) is 5.91 Å². The van der Waals surface area contributed by atoms with Crippen LogP contribution in [0.1, 0.15) is 21.5 Å². The minimum atomic E-state index is -2.77. The van der Waals surface area contributed by atoms with Gasteiger partial charge in [0.05, 0.1) is 21.2 Å². The molecule has 0 bridgehead atoms. The summed E-state index contributed by atoms with van der Waals surface area (Å²) in [7, 11) is -2.77. The zero-order valence-electron chi connectivity index (χ0n) is 13.7. The van der Waals surface area contributed by atoms with Gasteiger partial charge in [0.2, 0.25) is 0 Å². The molecule has 3 rings (SSSR count). The summed E-state index contributed by atoms with van der Waals surface area (Å²) in [6.45, 7) is 0. The summed E-state index contributed by atoms with van der Waals surface area (Å²) in [5.74, 6) is 0.0697. The van der Waals surface area contributed by atoms with Crippen molar-refractivity contribution in [2.45, 2.75) is 11.5 Å². The Morgan fingerprint density at radius 3 is 1.52 bits per heavy atom. The van der Waals surface area contributed by atoms with E-state index in [4.69, 9.17) is 0 Å². The number of nitrogens with zero attached hydrogens (tertiary/aromatic N) is 1. The fourth-order valence-electron chi connectivity index (χ4n) is 2.57. The molecule has 0 aliphatic carbocycles. The lowest BCUT2D eigenvalue weighted by molar-refractivity contribution is 0.100. The van der Waals surface area contributed by atoms with Crippen LogP contribution in [0.15, 0.2) is 95.4 Å². The van der Waals surface area contributed by atoms with Crippen molar-refractivity contribution in [1.29, 1.82) is 0 Å². The van der Waals surface area contributed by atoms with Crippen LogP contribution in [-0.4, -0.2) is 10.1 Å². The number of hydrogen-bond donors (Lipinski definition) is 0. The molecular formula is C21H19NO2S. The maximum atomic E-state index is 13.5. The standard InChI is InChI=1S/C21H19NO2S/c23-21(20-14-8-3-9-15-20)22-25(24,16-18-10-4-1-5-11-18)17-19-12-6-2-7-13-19/h1-15H,16-17H2. The topological polar surface area (TPSA) is 46.5 Å². The molecule has 126 valence electrons. The third-order valence-electron chi connectivity index (χ3n) is 3.74. The highest BCUT2D eigenvalue weighted by Gasteiger charge is 2.15.